The number of aryl methyl sites for hydroxylation is 1. The lowest BCUT2D eigenvalue weighted by Gasteiger charge is -2.32. The van der Waals surface area contributed by atoms with E-state index in [0.29, 0.717) is 18.2 Å². The molecule has 1 N–H and O–H groups in total. The molecule has 1 aliphatic heterocycles. The maximum atomic E-state index is 11.0. The molecule has 1 saturated heterocycles. The highest BCUT2D eigenvalue weighted by Gasteiger charge is 2.19. The van der Waals surface area contributed by atoms with Crippen LogP contribution in [0.3, 0.4) is 0 Å². The zero-order chi connectivity index (χ0) is 16.1. The van der Waals surface area contributed by atoms with Gasteiger partial charge in [-0.05, 0) is 45.3 Å². The molecular weight excluding hydrogens is 278 g/mol. The van der Waals surface area contributed by atoms with Gasteiger partial charge in [0.25, 0.3) is 5.69 Å². The number of likely N-dealkylation sites (tertiary alicyclic amines) is 1. The van der Waals surface area contributed by atoms with Crippen LogP contribution in [0.25, 0.3) is 0 Å². The van der Waals surface area contributed by atoms with Crippen LogP contribution in [0.5, 0.6) is 0 Å². The number of benzene rings is 1. The van der Waals surface area contributed by atoms with Gasteiger partial charge in [0.05, 0.1) is 4.92 Å². The van der Waals surface area contributed by atoms with Crippen molar-refractivity contribution in [3.63, 3.8) is 0 Å². The van der Waals surface area contributed by atoms with Gasteiger partial charge < -0.3 is 5.32 Å². The van der Waals surface area contributed by atoms with Crippen LogP contribution >= 0.6 is 0 Å². The molecule has 0 atom stereocenters. The van der Waals surface area contributed by atoms with Gasteiger partial charge in [-0.25, -0.2) is 0 Å². The largest absolute Gasteiger partial charge is 0.310 e. The molecule has 1 heterocycles. The number of hydrogen-bond acceptors (Lipinski definition) is 4. The fraction of sp³-hybridized carbons (Fsp3) is 0.529. The first kappa shape index (κ1) is 16.6. The second-order valence-electron chi connectivity index (χ2n) is 6.27. The second kappa shape index (κ2) is 7.51. The summed E-state index contributed by atoms with van der Waals surface area (Å²) in [6.07, 6.45) is 2.22. The van der Waals surface area contributed by atoms with Crippen LogP contribution in [-0.2, 0) is 6.54 Å². The van der Waals surface area contributed by atoms with E-state index in [1.165, 1.54) is 5.57 Å². The maximum absolute atomic E-state index is 11.0. The quantitative estimate of drug-likeness (QED) is 0.498. The van der Waals surface area contributed by atoms with E-state index >= 15 is 0 Å². The zero-order valence-corrected chi connectivity index (χ0v) is 13.5. The lowest BCUT2D eigenvalue weighted by molar-refractivity contribution is -0.385. The summed E-state index contributed by atoms with van der Waals surface area (Å²) < 4.78 is 0. The van der Waals surface area contributed by atoms with Crippen molar-refractivity contribution in [1.82, 2.24) is 10.2 Å². The number of nitrogens with one attached hydrogen (secondary N) is 1. The molecular formula is C17H25N3O2. The fourth-order valence-electron chi connectivity index (χ4n) is 2.90. The normalized spacial score (nSPS) is 16.6. The van der Waals surface area contributed by atoms with Crippen molar-refractivity contribution < 1.29 is 4.92 Å². The van der Waals surface area contributed by atoms with Gasteiger partial charge in [-0.15, -0.1) is 0 Å². The van der Waals surface area contributed by atoms with Gasteiger partial charge >= 0.3 is 0 Å². The zero-order valence-electron chi connectivity index (χ0n) is 13.5. The third kappa shape index (κ3) is 4.64. The maximum Gasteiger partial charge on any atom is 0.272 e. The van der Waals surface area contributed by atoms with Crippen LogP contribution < -0.4 is 5.32 Å². The Morgan fingerprint density at radius 1 is 1.45 bits per heavy atom. The minimum absolute atomic E-state index is 0.204. The lowest BCUT2D eigenvalue weighted by Crippen LogP contribution is -2.42. The Bertz CT molecular complexity index is 549. The minimum atomic E-state index is -0.311. The summed E-state index contributed by atoms with van der Waals surface area (Å²) in [7, 11) is 0. The van der Waals surface area contributed by atoms with E-state index in [9.17, 15) is 10.1 Å². The van der Waals surface area contributed by atoms with Crippen molar-refractivity contribution in [1.29, 1.82) is 0 Å². The summed E-state index contributed by atoms with van der Waals surface area (Å²) in [5.74, 6) is 0. The smallest absolute Gasteiger partial charge is 0.272 e. The summed E-state index contributed by atoms with van der Waals surface area (Å²) >= 11 is 0. The average Bonchev–Trinajstić information content (AvgIpc) is 2.47. The summed E-state index contributed by atoms with van der Waals surface area (Å²) in [5.41, 5.74) is 3.09. The summed E-state index contributed by atoms with van der Waals surface area (Å²) in [4.78, 5) is 13.1. The number of piperidine rings is 1. The average molecular weight is 303 g/mol. The second-order valence-corrected chi connectivity index (χ2v) is 6.27. The number of nitro benzene ring substituents is 1. The minimum Gasteiger partial charge on any atom is -0.310 e. The molecule has 5 heteroatoms. The summed E-state index contributed by atoms with van der Waals surface area (Å²) in [6.45, 7) is 11.6. The summed E-state index contributed by atoms with van der Waals surface area (Å²) in [6, 6.07) is 5.95. The van der Waals surface area contributed by atoms with Gasteiger partial charge in [-0.1, -0.05) is 24.3 Å². The highest BCUT2D eigenvalue weighted by Crippen LogP contribution is 2.19. The molecule has 1 fully saturated rings. The van der Waals surface area contributed by atoms with Crippen LogP contribution in [0.15, 0.2) is 30.4 Å². The van der Waals surface area contributed by atoms with E-state index in [1.807, 2.05) is 12.1 Å². The first-order chi connectivity index (χ1) is 10.5. The van der Waals surface area contributed by atoms with Gasteiger partial charge in [0.1, 0.15) is 0 Å². The van der Waals surface area contributed by atoms with Gasteiger partial charge in [0.2, 0.25) is 0 Å². The Hall–Kier alpha value is -1.72. The Morgan fingerprint density at radius 2 is 2.14 bits per heavy atom. The molecule has 0 unspecified atom stereocenters. The van der Waals surface area contributed by atoms with Crippen LogP contribution in [0.2, 0.25) is 0 Å². The first-order valence-electron chi connectivity index (χ1n) is 7.79. The molecule has 1 aromatic rings. The van der Waals surface area contributed by atoms with Gasteiger partial charge in [0, 0.05) is 30.8 Å². The topological polar surface area (TPSA) is 58.4 Å². The molecule has 0 aromatic heterocycles. The Balaban J connectivity index is 1.83. The number of rotatable bonds is 6. The van der Waals surface area contributed by atoms with E-state index < -0.39 is 0 Å². The molecule has 0 amide bonds. The van der Waals surface area contributed by atoms with Gasteiger partial charge in [0.15, 0.2) is 0 Å². The molecule has 0 spiro atoms. The number of hydrogen-bond donors (Lipinski definition) is 1. The Morgan fingerprint density at radius 3 is 2.73 bits per heavy atom. The van der Waals surface area contributed by atoms with Crippen LogP contribution in [0.1, 0.15) is 30.9 Å². The molecule has 0 aliphatic carbocycles. The molecule has 1 aliphatic rings. The van der Waals surface area contributed by atoms with Crippen LogP contribution in [0.4, 0.5) is 5.69 Å². The molecule has 0 bridgehead atoms. The van der Waals surface area contributed by atoms with Crippen molar-refractivity contribution in [2.75, 3.05) is 19.6 Å². The molecule has 22 heavy (non-hydrogen) atoms. The van der Waals surface area contributed by atoms with Crippen molar-refractivity contribution >= 4 is 5.69 Å². The summed E-state index contributed by atoms with van der Waals surface area (Å²) in [5, 5.41) is 14.5. The van der Waals surface area contributed by atoms with E-state index in [2.05, 4.69) is 23.7 Å². The molecule has 1 aromatic carbocycles. The molecule has 2 rings (SSSR count). The Kier molecular flexibility index (Phi) is 5.69. The third-order valence-electron chi connectivity index (χ3n) is 4.15. The van der Waals surface area contributed by atoms with E-state index in [0.717, 1.165) is 38.0 Å². The van der Waals surface area contributed by atoms with E-state index in [-0.39, 0.29) is 10.6 Å². The number of nitrogens with zero attached hydrogens (tertiary/aromatic N) is 2. The van der Waals surface area contributed by atoms with Gasteiger partial charge in [-0.2, -0.15) is 0 Å². The lowest BCUT2D eigenvalue weighted by atomic mass is 10.0. The SMILES string of the molecule is C=C(C)CN1CCC(NCc2ccc(C)c([N+](=O)[O-])c2)CC1. The van der Waals surface area contributed by atoms with Crippen LogP contribution in [-0.4, -0.2) is 35.5 Å². The Labute approximate surface area is 132 Å². The van der Waals surface area contributed by atoms with Crippen LogP contribution in [0, 0.1) is 17.0 Å². The van der Waals surface area contributed by atoms with E-state index in [4.69, 9.17) is 0 Å². The predicted octanol–water partition coefficient (Wildman–Crippen LogP) is 3.03. The molecule has 0 radical (unpaired) electrons. The van der Waals surface area contributed by atoms with Gasteiger partial charge in [-0.3, -0.25) is 15.0 Å². The highest BCUT2D eigenvalue weighted by atomic mass is 16.6. The first-order valence-corrected chi connectivity index (χ1v) is 7.79. The predicted molar refractivity (Wildman–Crippen MR) is 88.9 cm³/mol. The molecule has 5 nitrogen and oxygen atoms in total. The van der Waals surface area contributed by atoms with E-state index in [1.54, 1.807) is 13.0 Å². The molecule has 0 saturated carbocycles. The standard InChI is InChI=1S/C17H25N3O2/c1-13(2)12-19-8-6-16(7-9-19)18-11-15-5-4-14(3)17(10-15)20(21)22/h4-5,10,16,18H,1,6-9,11-12H2,2-3H3. The monoisotopic (exact) mass is 303 g/mol. The van der Waals surface area contributed by atoms with Crippen molar-refractivity contribution in [3.05, 3.63) is 51.6 Å². The third-order valence-corrected chi connectivity index (χ3v) is 4.15. The fourth-order valence-corrected chi connectivity index (χ4v) is 2.90. The van der Waals surface area contributed by atoms with Crippen molar-refractivity contribution in [3.8, 4) is 0 Å². The molecule has 120 valence electrons. The van der Waals surface area contributed by atoms with Crippen molar-refractivity contribution in [2.45, 2.75) is 39.3 Å². The van der Waals surface area contributed by atoms with Crippen molar-refractivity contribution in [2.24, 2.45) is 0 Å². The number of nitro groups is 1. The highest BCUT2D eigenvalue weighted by molar-refractivity contribution is 5.42.